The van der Waals surface area contributed by atoms with Crippen molar-refractivity contribution in [1.29, 1.82) is 0 Å². The van der Waals surface area contributed by atoms with Crippen LogP contribution in [0.1, 0.15) is 26.7 Å². The lowest BCUT2D eigenvalue weighted by molar-refractivity contribution is -0.126. The Morgan fingerprint density at radius 3 is 2.31 bits per heavy atom. The van der Waals surface area contributed by atoms with Crippen LogP contribution >= 0.6 is 0 Å². The lowest BCUT2D eigenvalue weighted by Gasteiger charge is -2.30. The smallest absolute Gasteiger partial charge is 0.222 e. The first-order chi connectivity index (χ1) is 7.54. The van der Waals surface area contributed by atoms with Crippen molar-refractivity contribution in [2.24, 2.45) is 11.8 Å². The molecule has 1 fully saturated rings. The average Bonchev–Trinajstić information content (AvgIpc) is 2.28. The highest BCUT2D eigenvalue weighted by atomic mass is 16.1. The summed E-state index contributed by atoms with van der Waals surface area (Å²) in [5.41, 5.74) is 0. The van der Waals surface area contributed by atoms with Gasteiger partial charge in [-0.25, -0.2) is 0 Å². The molecule has 0 saturated carbocycles. The van der Waals surface area contributed by atoms with E-state index >= 15 is 0 Å². The number of Topliss-reactive ketones (excluding diaryl/α,β-unsaturated/α-hetero) is 1. The number of hydrogen-bond donors (Lipinski definition) is 1. The molecule has 0 unspecified atom stereocenters. The van der Waals surface area contributed by atoms with Crippen LogP contribution < -0.4 is 5.32 Å². The zero-order valence-corrected chi connectivity index (χ0v) is 10.5. The van der Waals surface area contributed by atoms with Crippen LogP contribution in [0.25, 0.3) is 0 Å². The van der Waals surface area contributed by atoms with Crippen LogP contribution in [0.15, 0.2) is 0 Å². The molecule has 0 aromatic rings. The number of nitrogens with one attached hydrogen (secondary N) is 1. The number of hydrogen-bond acceptors (Lipinski definition) is 3. The molecular weight excluding hydrogens is 204 g/mol. The van der Waals surface area contributed by atoms with Crippen LogP contribution in [0, 0.1) is 11.8 Å². The van der Waals surface area contributed by atoms with Gasteiger partial charge in [0, 0.05) is 18.9 Å². The number of piperidine rings is 1. The fourth-order valence-corrected chi connectivity index (χ4v) is 1.96. The molecule has 1 aliphatic rings. The maximum absolute atomic E-state index is 11.6. The Hall–Kier alpha value is -0.900. The lowest BCUT2D eigenvalue weighted by Crippen LogP contribution is -2.42. The number of rotatable bonds is 4. The van der Waals surface area contributed by atoms with E-state index in [4.69, 9.17) is 0 Å². The van der Waals surface area contributed by atoms with E-state index in [1.54, 1.807) is 7.05 Å². The minimum Gasteiger partial charge on any atom is -0.359 e. The molecule has 0 aromatic carbocycles. The number of amides is 1. The highest BCUT2D eigenvalue weighted by molar-refractivity contribution is 5.82. The number of carbonyl (C=O) groups is 2. The van der Waals surface area contributed by atoms with Crippen molar-refractivity contribution in [3.63, 3.8) is 0 Å². The van der Waals surface area contributed by atoms with Crippen molar-refractivity contribution < 1.29 is 9.59 Å². The molecule has 1 amide bonds. The number of nitrogens with zero attached hydrogens (tertiary/aromatic N) is 1. The van der Waals surface area contributed by atoms with Crippen molar-refractivity contribution in [3.8, 4) is 0 Å². The normalized spacial score (nSPS) is 18.8. The molecule has 0 aliphatic carbocycles. The molecule has 4 nitrogen and oxygen atoms in total. The molecule has 0 atom stereocenters. The first kappa shape index (κ1) is 13.2. The molecule has 1 saturated heterocycles. The Balaban J connectivity index is 2.32. The molecule has 1 rings (SSSR count). The Morgan fingerprint density at radius 2 is 1.88 bits per heavy atom. The standard InChI is InChI=1S/C12H22N2O2/c1-9(2)11(15)8-14-6-4-10(5-7-14)12(16)13-3/h9-10H,4-8H2,1-3H3,(H,13,16). The van der Waals surface area contributed by atoms with E-state index in [2.05, 4.69) is 10.2 Å². The van der Waals surface area contributed by atoms with Crippen LogP contribution in [0.3, 0.4) is 0 Å². The zero-order chi connectivity index (χ0) is 12.1. The van der Waals surface area contributed by atoms with Gasteiger partial charge in [0.2, 0.25) is 5.91 Å². The summed E-state index contributed by atoms with van der Waals surface area (Å²) in [5, 5.41) is 2.68. The predicted molar refractivity (Wildman–Crippen MR) is 63.1 cm³/mol. The second-order valence-electron chi connectivity index (χ2n) is 4.79. The summed E-state index contributed by atoms with van der Waals surface area (Å²) in [6.07, 6.45) is 1.73. The van der Waals surface area contributed by atoms with Gasteiger partial charge in [-0.1, -0.05) is 13.8 Å². The number of ketones is 1. The van der Waals surface area contributed by atoms with Gasteiger partial charge >= 0.3 is 0 Å². The molecule has 1 aliphatic heterocycles. The van der Waals surface area contributed by atoms with Gasteiger partial charge in [0.05, 0.1) is 6.54 Å². The van der Waals surface area contributed by atoms with Crippen LogP contribution in [0.2, 0.25) is 0 Å². The van der Waals surface area contributed by atoms with Crippen LogP contribution in [0.4, 0.5) is 0 Å². The molecular formula is C12H22N2O2. The average molecular weight is 226 g/mol. The molecule has 0 radical (unpaired) electrons. The van der Waals surface area contributed by atoms with Gasteiger partial charge in [0.15, 0.2) is 0 Å². The first-order valence-electron chi connectivity index (χ1n) is 6.01. The third kappa shape index (κ3) is 3.59. The third-order valence-electron chi connectivity index (χ3n) is 3.23. The van der Waals surface area contributed by atoms with Gasteiger partial charge in [0.25, 0.3) is 0 Å². The molecule has 1 heterocycles. The SMILES string of the molecule is CNC(=O)C1CCN(CC(=O)C(C)C)CC1. The summed E-state index contributed by atoms with van der Waals surface area (Å²) in [7, 11) is 1.68. The van der Waals surface area contributed by atoms with Gasteiger partial charge in [-0.05, 0) is 25.9 Å². The van der Waals surface area contributed by atoms with Crippen molar-refractivity contribution in [2.45, 2.75) is 26.7 Å². The maximum Gasteiger partial charge on any atom is 0.222 e. The van der Waals surface area contributed by atoms with Crippen LogP contribution in [-0.2, 0) is 9.59 Å². The fraction of sp³-hybridized carbons (Fsp3) is 0.833. The zero-order valence-electron chi connectivity index (χ0n) is 10.5. The van der Waals surface area contributed by atoms with Gasteiger partial charge in [-0.2, -0.15) is 0 Å². The van der Waals surface area contributed by atoms with E-state index in [1.165, 1.54) is 0 Å². The van der Waals surface area contributed by atoms with Crippen molar-refractivity contribution in [1.82, 2.24) is 10.2 Å². The summed E-state index contributed by atoms with van der Waals surface area (Å²) >= 11 is 0. The second kappa shape index (κ2) is 5.99. The van der Waals surface area contributed by atoms with Gasteiger partial charge in [-0.3, -0.25) is 14.5 Å². The molecule has 0 spiro atoms. The summed E-state index contributed by atoms with van der Waals surface area (Å²) < 4.78 is 0. The van der Waals surface area contributed by atoms with E-state index in [0.717, 1.165) is 25.9 Å². The monoisotopic (exact) mass is 226 g/mol. The molecule has 0 aromatic heterocycles. The van der Waals surface area contributed by atoms with E-state index in [9.17, 15) is 9.59 Å². The Morgan fingerprint density at radius 1 is 1.31 bits per heavy atom. The molecule has 16 heavy (non-hydrogen) atoms. The van der Waals surface area contributed by atoms with Crippen molar-refractivity contribution in [2.75, 3.05) is 26.7 Å². The van der Waals surface area contributed by atoms with Crippen molar-refractivity contribution >= 4 is 11.7 Å². The molecule has 4 heteroatoms. The van der Waals surface area contributed by atoms with Crippen molar-refractivity contribution in [3.05, 3.63) is 0 Å². The van der Waals surface area contributed by atoms with E-state index in [-0.39, 0.29) is 17.7 Å². The predicted octanol–water partition coefficient (Wildman–Crippen LogP) is 0.669. The van der Waals surface area contributed by atoms with Gasteiger partial charge in [0.1, 0.15) is 5.78 Å². The summed E-state index contributed by atoms with van der Waals surface area (Å²) in [5.74, 6) is 0.667. The third-order valence-corrected chi connectivity index (χ3v) is 3.23. The molecule has 1 N–H and O–H groups in total. The summed E-state index contributed by atoms with van der Waals surface area (Å²) in [6.45, 7) is 6.12. The minimum atomic E-state index is 0.108. The minimum absolute atomic E-state index is 0.108. The molecule has 0 bridgehead atoms. The second-order valence-corrected chi connectivity index (χ2v) is 4.79. The Labute approximate surface area is 97.4 Å². The first-order valence-corrected chi connectivity index (χ1v) is 6.01. The largest absolute Gasteiger partial charge is 0.359 e. The highest BCUT2D eigenvalue weighted by Gasteiger charge is 2.25. The number of carbonyl (C=O) groups excluding carboxylic acids is 2. The van der Waals surface area contributed by atoms with Gasteiger partial charge in [-0.15, -0.1) is 0 Å². The topological polar surface area (TPSA) is 49.4 Å². The Bertz CT molecular complexity index is 256. The van der Waals surface area contributed by atoms with E-state index in [0.29, 0.717) is 12.3 Å². The molecule has 92 valence electrons. The lowest BCUT2D eigenvalue weighted by atomic mass is 9.95. The maximum atomic E-state index is 11.6. The summed E-state index contributed by atoms with van der Waals surface area (Å²) in [4.78, 5) is 25.1. The summed E-state index contributed by atoms with van der Waals surface area (Å²) in [6, 6.07) is 0. The Kier molecular flexibility index (Phi) is 4.93. The quantitative estimate of drug-likeness (QED) is 0.766. The van der Waals surface area contributed by atoms with E-state index in [1.807, 2.05) is 13.8 Å². The fourth-order valence-electron chi connectivity index (χ4n) is 1.96. The van der Waals surface area contributed by atoms with E-state index < -0.39 is 0 Å². The number of likely N-dealkylation sites (tertiary alicyclic amines) is 1. The van der Waals surface area contributed by atoms with Gasteiger partial charge < -0.3 is 5.32 Å². The highest BCUT2D eigenvalue weighted by Crippen LogP contribution is 2.17. The van der Waals surface area contributed by atoms with Crippen LogP contribution in [-0.4, -0.2) is 43.3 Å². The van der Waals surface area contributed by atoms with Crippen LogP contribution in [0.5, 0.6) is 0 Å².